The summed E-state index contributed by atoms with van der Waals surface area (Å²) in [6.45, 7) is 0. The van der Waals surface area contributed by atoms with E-state index in [1.165, 1.54) is 0 Å². The van der Waals surface area contributed by atoms with Gasteiger partial charge in [0.25, 0.3) is 0 Å². The third-order valence-corrected chi connectivity index (χ3v) is 3.71. The quantitative estimate of drug-likeness (QED) is 0.861. The zero-order valence-electron chi connectivity index (χ0n) is 10.1. The maximum Gasteiger partial charge on any atom is 0.228 e. The van der Waals surface area contributed by atoms with Gasteiger partial charge in [0.2, 0.25) is 5.91 Å². The minimum atomic E-state index is -1.17. The van der Waals surface area contributed by atoms with Gasteiger partial charge in [-0.05, 0) is 37.1 Å². The molecule has 2 atom stereocenters. The van der Waals surface area contributed by atoms with Crippen molar-refractivity contribution in [1.82, 2.24) is 0 Å². The van der Waals surface area contributed by atoms with Crippen LogP contribution in [0.3, 0.4) is 0 Å². The van der Waals surface area contributed by atoms with E-state index in [1.807, 2.05) is 18.2 Å². The molecule has 19 heavy (non-hydrogen) atoms. The van der Waals surface area contributed by atoms with Gasteiger partial charge in [0.05, 0.1) is 5.92 Å². The predicted molar refractivity (Wildman–Crippen MR) is 73.1 cm³/mol. The lowest BCUT2D eigenvalue weighted by Gasteiger charge is -2.28. The Kier molecular flexibility index (Phi) is 4.37. The maximum absolute atomic E-state index is 12.1. The fourth-order valence-electron chi connectivity index (χ4n) is 2.13. The lowest BCUT2D eigenvalue weighted by molar-refractivity contribution is -0.313. The molecule has 2 rings (SSSR count). The molecule has 4 nitrogen and oxygen atoms in total. The molecule has 0 unspecified atom stereocenters. The second-order valence-electron chi connectivity index (χ2n) is 4.47. The van der Waals surface area contributed by atoms with Crippen LogP contribution in [0.4, 0.5) is 5.69 Å². The fourth-order valence-corrected chi connectivity index (χ4v) is 2.40. The first-order valence-corrected chi connectivity index (χ1v) is 6.79. The van der Waals surface area contributed by atoms with Crippen LogP contribution in [0.2, 0.25) is 0 Å². The van der Waals surface area contributed by atoms with E-state index < -0.39 is 17.8 Å². The number of hydrogen-bond acceptors (Lipinski definition) is 3. The average Bonchev–Trinajstić information content (AvgIpc) is 2.41. The van der Waals surface area contributed by atoms with Gasteiger partial charge in [-0.25, -0.2) is 0 Å². The fraction of sp³-hybridized carbons (Fsp3) is 0.286. The summed E-state index contributed by atoms with van der Waals surface area (Å²) in [7, 11) is 0. The molecule has 0 spiro atoms. The molecule has 100 valence electrons. The van der Waals surface area contributed by atoms with E-state index in [2.05, 4.69) is 21.2 Å². The molecule has 0 heterocycles. The molecule has 0 saturated carbocycles. The van der Waals surface area contributed by atoms with Crippen molar-refractivity contribution in [2.75, 3.05) is 5.32 Å². The van der Waals surface area contributed by atoms with Gasteiger partial charge < -0.3 is 15.2 Å². The van der Waals surface area contributed by atoms with Crippen LogP contribution in [-0.4, -0.2) is 11.9 Å². The highest BCUT2D eigenvalue weighted by molar-refractivity contribution is 9.10. The Balaban J connectivity index is 2.08. The topological polar surface area (TPSA) is 69.2 Å². The Hall–Kier alpha value is -1.62. The number of halogens is 1. The van der Waals surface area contributed by atoms with Crippen molar-refractivity contribution in [3.05, 3.63) is 40.9 Å². The summed E-state index contributed by atoms with van der Waals surface area (Å²) in [5, 5.41) is 13.8. The molecule has 5 heteroatoms. The average molecular weight is 323 g/mol. The number of carbonyl (C=O) groups is 2. The van der Waals surface area contributed by atoms with E-state index in [1.54, 1.807) is 18.2 Å². The highest BCUT2D eigenvalue weighted by atomic mass is 79.9. The van der Waals surface area contributed by atoms with Crippen molar-refractivity contribution in [3.8, 4) is 0 Å². The lowest BCUT2D eigenvalue weighted by atomic mass is 9.82. The molecule has 1 aromatic carbocycles. The Bertz CT molecular complexity index is 510. The molecule has 0 fully saturated rings. The van der Waals surface area contributed by atoms with E-state index >= 15 is 0 Å². The van der Waals surface area contributed by atoms with Crippen molar-refractivity contribution in [2.24, 2.45) is 11.8 Å². The molecule has 0 radical (unpaired) electrons. The number of nitrogens with one attached hydrogen (secondary N) is 1. The van der Waals surface area contributed by atoms with E-state index in [-0.39, 0.29) is 5.91 Å². The Morgan fingerprint density at radius 2 is 1.68 bits per heavy atom. The monoisotopic (exact) mass is 322 g/mol. The number of anilines is 1. The smallest absolute Gasteiger partial charge is 0.228 e. The minimum absolute atomic E-state index is 0.277. The Morgan fingerprint density at radius 3 is 2.26 bits per heavy atom. The van der Waals surface area contributed by atoms with Crippen molar-refractivity contribution in [1.29, 1.82) is 0 Å². The van der Waals surface area contributed by atoms with E-state index in [9.17, 15) is 14.7 Å². The molecule has 0 saturated heterocycles. The summed E-state index contributed by atoms with van der Waals surface area (Å²) in [5.41, 5.74) is 0.653. The molecule has 0 bridgehead atoms. The number of aliphatic carboxylic acids is 1. The van der Waals surface area contributed by atoms with Crippen LogP contribution in [-0.2, 0) is 9.59 Å². The van der Waals surface area contributed by atoms with Gasteiger partial charge in [-0.1, -0.05) is 28.1 Å². The largest absolute Gasteiger partial charge is 0.550 e. The summed E-state index contributed by atoms with van der Waals surface area (Å²) in [5.74, 6) is -2.76. The summed E-state index contributed by atoms with van der Waals surface area (Å²) in [6, 6.07) is 7.14. The highest BCUT2D eigenvalue weighted by Crippen LogP contribution is 2.26. The second-order valence-corrected chi connectivity index (χ2v) is 5.39. The van der Waals surface area contributed by atoms with Crippen molar-refractivity contribution in [3.63, 3.8) is 0 Å². The van der Waals surface area contributed by atoms with Crippen molar-refractivity contribution in [2.45, 2.75) is 12.8 Å². The first kappa shape index (κ1) is 13.8. The SMILES string of the molecule is O=C([O-])[C@@H]1CC=CC[C@H]1C(=O)Nc1ccc(Br)cc1. The maximum atomic E-state index is 12.1. The van der Waals surface area contributed by atoms with Crippen LogP contribution in [0, 0.1) is 11.8 Å². The van der Waals surface area contributed by atoms with E-state index in [4.69, 9.17) is 0 Å². The van der Waals surface area contributed by atoms with Crippen LogP contribution in [0.5, 0.6) is 0 Å². The molecule has 0 aromatic heterocycles. The molecular weight excluding hydrogens is 310 g/mol. The minimum Gasteiger partial charge on any atom is -0.550 e. The van der Waals surface area contributed by atoms with Gasteiger partial charge in [0.15, 0.2) is 0 Å². The van der Waals surface area contributed by atoms with Crippen LogP contribution >= 0.6 is 15.9 Å². The van der Waals surface area contributed by atoms with E-state index in [0.29, 0.717) is 18.5 Å². The third-order valence-electron chi connectivity index (χ3n) is 3.18. The molecule has 1 amide bonds. The Morgan fingerprint density at radius 1 is 1.11 bits per heavy atom. The molecule has 1 aliphatic rings. The number of carboxylic acids is 1. The summed E-state index contributed by atoms with van der Waals surface area (Å²) in [4.78, 5) is 23.2. The van der Waals surface area contributed by atoms with Gasteiger partial charge in [0, 0.05) is 22.0 Å². The van der Waals surface area contributed by atoms with Gasteiger partial charge in [-0.15, -0.1) is 0 Å². The predicted octanol–water partition coefficient (Wildman–Crippen LogP) is 1.72. The van der Waals surface area contributed by atoms with Gasteiger partial charge in [-0.3, -0.25) is 4.79 Å². The number of allylic oxidation sites excluding steroid dienone is 2. The number of hydrogen-bond donors (Lipinski definition) is 1. The number of rotatable bonds is 3. The standard InChI is InChI=1S/C14H14BrNO3/c15-9-5-7-10(8-6-9)16-13(17)11-3-1-2-4-12(11)14(18)19/h1-2,5-8,11-12H,3-4H2,(H,16,17)(H,18,19)/p-1/t11-,12-/m1/s1. The van der Waals surface area contributed by atoms with Crippen LogP contribution in [0.25, 0.3) is 0 Å². The van der Waals surface area contributed by atoms with Gasteiger partial charge in [-0.2, -0.15) is 0 Å². The third kappa shape index (κ3) is 3.44. The molecule has 0 aliphatic heterocycles. The van der Waals surface area contributed by atoms with Gasteiger partial charge >= 0.3 is 0 Å². The lowest BCUT2D eigenvalue weighted by Crippen LogP contribution is -2.41. The van der Waals surface area contributed by atoms with Gasteiger partial charge in [0.1, 0.15) is 0 Å². The van der Waals surface area contributed by atoms with Crippen molar-refractivity contribution >= 4 is 33.5 Å². The normalized spacial score (nSPS) is 21.9. The first-order chi connectivity index (χ1) is 9.08. The summed E-state index contributed by atoms with van der Waals surface area (Å²) >= 11 is 3.31. The molecule has 1 aliphatic carbocycles. The molecule has 1 N–H and O–H groups in total. The molecule has 1 aromatic rings. The van der Waals surface area contributed by atoms with Crippen LogP contribution in [0.15, 0.2) is 40.9 Å². The number of carbonyl (C=O) groups excluding carboxylic acids is 2. The van der Waals surface area contributed by atoms with E-state index in [0.717, 1.165) is 4.47 Å². The summed E-state index contributed by atoms with van der Waals surface area (Å²) in [6.07, 6.45) is 4.40. The zero-order chi connectivity index (χ0) is 13.8. The highest BCUT2D eigenvalue weighted by Gasteiger charge is 2.29. The number of amides is 1. The van der Waals surface area contributed by atoms with Crippen molar-refractivity contribution < 1.29 is 14.7 Å². The number of carboxylic acid groups (broad SMARTS) is 1. The summed E-state index contributed by atoms with van der Waals surface area (Å²) < 4.78 is 0.915. The Labute approximate surface area is 119 Å². The number of benzene rings is 1. The van der Waals surface area contributed by atoms with Crippen LogP contribution < -0.4 is 10.4 Å². The zero-order valence-corrected chi connectivity index (χ0v) is 11.7. The second kappa shape index (κ2) is 6.02. The first-order valence-electron chi connectivity index (χ1n) is 6.00. The molecular formula is C14H13BrNO3-. The van der Waals surface area contributed by atoms with Crippen LogP contribution in [0.1, 0.15) is 12.8 Å².